The molecular formula is C63H79FN8O8S. The number of hydrogen-bond acceptors (Lipinski definition) is 14. The minimum absolute atomic E-state index is 0.0280. The number of hydrogen-bond donors (Lipinski definition) is 4. The molecule has 5 heterocycles. The molecule has 3 aromatic carbocycles. The molecule has 16 nitrogen and oxygen atoms in total. The van der Waals surface area contributed by atoms with Crippen molar-refractivity contribution in [1.29, 1.82) is 0 Å². The second-order valence-electron chi connectivity index (χ2n) is 24.4. The van der Waals surface area contributed by atoms with Crippen LogP contribution in [0.2, 0.25) is 0 Å². The zero-order chi connectivity index (χ0) is 56.8. The topological polar surface area (TPSA) is 186 Å². The molecule has 5 fully saturated rings. The van der Waals surface area contributed by atoms with Crippen molar-refractivity contribution in [1.82, 2.24) is 24.5 Å². The number of aromatic nitrogens is 2. The number of amides is 1. The minimum Gasteiger partial charge on any atom is -0.629 e. The van der Waals surface area contributed by atoms with Crippen molar-refractivity contribution >= 4 is 38.9 Å². The van der Waals surface area contributed by atoms with Gasteiger partial charge < -0.3 is 39.8 Å². The number of rotatable bonds is 19. The molecule has 432 valence electrons. The van der Waals surface area contributed by atoms with E-state index in [-0.39, 0.29) is 69.3 Å². The first kappa shape index (κ1) is 56.7. The summed E-state index contributed by atoms with van der Waals surface area (Å²) in [6.45, 7) is 15.4. The van der Waals surface area contributed by atoms with Crippen molar-refractivity contribution in [3.05, 3.63) is 129 Å². The Bertz CT molecular complexity index is 3270. The van der Waals surface area contributed by atoms with E-state index in [0.717, 1.165) is 95.6 Å². The average Bonchev–Trinajstić information content (AvgIpc) is 4.33. The van der Waals surface area contributed by atoms with Gasteiger partial charge in [-0.1, -0.05) is 50.2 Å². The first-order valence-corrected chi connectivity index (χ1v) is 30.7. The Labute approximate surface area is 476 Å². The van der Waals surface area contributed by atoms with Gasteiger partial charge in [0.05, 0.1) is 43.8 Å². The number of carbonyl (C=O) groups excluding carboxylic acids is 1. The lowest BCUT2D eigenvalue weighted by atomic mass is 9.69. The van der Waals surface area contributed by atoms with Crippen LogP contribution in [-0.2, 0) is 23.0 Å². The first-order chi connectivity index (χ1) is 38.9. The van der Waals surface area contributed by atoms with Gasteiger partial charge in [0, 0.05) is 94.1 Å². The number of aliphatic hydroxyl groups is 1. The first-order valence-electron chi connectivity index (χ1n) is 29.2. The molecule has 3 atom stereocenters. The number of quaternary nitrogens is 1. The Kier molecular flexibility index (Phi) is 16.3. The van der Waals surface area contributed by atoms with Crippen LogP contribution in [0.3, 0.4) is 0 Å². The van der Waals surface area contributed by atoms with Gasteiger partial charge >= 0.3 is 0 Å². The van der Waals surface area contributed by atoms with Crippen molar-refractivity contribution in [2.45, 2.75) is 133 Å². The van der Waals surface area contributed by atoms with Gasteiger partial charge in [-0.15, -0.1) is 0 Å². The molecule has 3 aliphatic carbocycles. The number of hydroxylamine groups is 1. The molecule has 1 amide bonds. The zero-order valence-electron chi connectivity index (χ0n) is 47.7. The van der Waals surface area contributed by atoms with Crippen molar-refractivity contribution < 1.29 is 42.0 Å². The highest BCUT2D eigenvalue weighted by atomic mass is 32.2. The smallest absolute Gasteiger partial charge is 0.268 e. The maximum Gasteiger partial charge on any atom is 0.268 e. The summed E-state index contributed by atoms with van der Waals surface area (Å²) in [4.78, 5) is 30.6. The molecule has 3 unspecified atom stereocenters. The van der Waals surface area contributed by atoms with Crippen LogP contribution in [0, 0.1) is 16.5 Å². The van der Waals surface area contributed by atoms with Crippen LogP contribution in [0.4, 0.5) is 21.6 Å². The van der Waals surface area contributed by atoms with E-state index in [0.29, 0.717) is 48.9 Å². The summed E-state index contributed by atoms with van der Waals surface area (Å²) < 4.78 is 63.8. The summed E-state index contributed by atoms with van der Waals surface area (Å²) in [5, 5.41) is 26.2. The van der Waals surface area contributed by atoms with Crippen LogP contribution in [-0.4, -0.2) is 117 Å². The number of allylic oxidation sites excluding steroid dienone is 1. The Morgan fingerprint density at radius 1 is 0.938 bits per heavy atom. The van der Waals surface area contributed by atoms with Crippen molar-refractivity contribution in [3.8, 4) is 23.1 Å². The number of pyridine rings is 2. The Hall–Kier alpha value is -6.15. The standard InChI is InChI=1S/C63H79FN8O8S/c1-7-79-61-58(33-50-52(64)18-19-53(50)67-61)80-57-31-44(15-17-49(57)60(73)68-81(76,77)45-32-55(69(5)75)59(66-35-45)65-34-41-20-23-62(4,74)24-21-41)71-28-25-63(26-29-71)38-72(39-63)54-22-27-70(37-51(54)48-11-9-8-10-46(48)40(2)3)36-42-12-16-47(43-13-14-43)56(30-42)78-6/h8-12,15-18,30-33,35,40-41,43,51,54,69,74H,7,13-14,19-29,34,36-39H2,1-6H3,(H,65,66)(H,68,73). The minimum atomic E-state index is -4.59. The second kappa shape index (κ2) is 23.2. The fraction of sp³-hybridized carbons (Fsp3) is 0.508. The van der Waals surface area contributed by atoms with E-state index < -0.39 is 32.4 Å². The number of methoxy groups -OCH3 is 1. The highest BCUT2D eigenvalue weighted by Crippen LogP contribution is 2.48. The molecule has 81 heavy (non-hydrogen) atoms. The number of nitrogens with one attached hydrogen (secondary N) is 3. The predicted molar refractivity (Wildman–Crippen MR) is 312 cm³/mol. The van der Waals surface area contributed by atoms with E-state index in [9.17, 15) is 23.5 Å². The van der Waals surface area contributed by atoms with Gasteiger partial charge in [-0.25, -0.2) is 27.5 Å². The summed E-state index contributed by atoms with van der Waals surface area (Å²) in [5.41, 5.74) is 6.48. The van der Waals surface area contributed by atoms with Gasteiger partial charge in [0.25, 0.3) is 21.8 Å². The number of ether oxygens (including phenoxy) is 3. The highest BCUT2D eigenvalue weighted by molar-refractivity contribution is 7.90. The SMILES string of the molecule is CCOc1nc2c(cc1Oc1cc(N3CCC4(CC3)CN(C3CCN(Cc5ccc(C6CC6)c(OC)c5)CC3c3ccccc3C(C)C)C4)ccc1C(=O)NS(=O)(=O)c1cnc(NCC3CCC(C)(O)CC3)c([NH+](C)[O-])c1)C(F)=CC2. The fourth-order valence-corrected chi connectivity index (χ4v) is 14.2. The van der Waals surface area contributed by atoms with E-state index >= 15 is 4.39 Å². The Morgan fingerprint density at radius 3 is 2.42 bits per heavy atom. The Balaban J connectivity index is 0.802. The Morgan fingerprint density at radius 2 is 1.70 bits per heavy atom. The van der Waals surface area contributed by atoms with Crippen molar-refractivity contribution in [2.75, 3.05) is 76.8 Å². The molecular weight excluding hydrogens is 1050 g/mol. The fourth-order valence-electron chi connectivity index (χ4n) is 13.3. The molecule has 3 aliphatic heterocycles. The molecule has 0 bridgehead atoms. The lowest BCUT2D eigenvalue weighted by Gasteiger charge is -2.59. The van der Waals surface area contributed by atoms with Crippen LogP contribution >= 0.6 is 0 Å². The average molecular weight is 1130 g/mol. The molecule has 4 N–H and O–H groups in total. The molecule has 6 aliphatic rings. The van der Waals surface area contributed by atoms with Crippen LogP contribution in [0.1, 0.15) is 147 Å². The van der Waals surface area contributed by atoms with Crippen LogP contribution < -0.4 is 34.2 Å². The quantitative estimate of drug-likeness (QED) is 0.0573. The van der Waals surface area contributed by atoms with Gasteiger partial charge in [0.2, 0.25) is 0 Å². The second-order valence-corrected chi connectivity index (χ2v) is 26.0. The summed E-state index contributed by atoms with van der Waals surface area (Å²) in [6.07, 6.45) is 11.3. The summed E-state index contributed by atoms with van der Waals surface area (Å²) >= 11 is 0. The monoisotopic (exact) mass is 1130 g/mol. The number of anilines is 2. The molecule has 5 aromatic rings. The third kappa shape index (κ3) is 12.3. The number of sulfonamides is 1. The molecule has 11 rings (SSSR count). The number of halogens is 1. The number of nitrogens with zero attached hydrogens (tertiary/aromatic N) is 5. The highest BCUT2D eigenvalue weighted by Gasteiger charge is 2.50. The van der Waals surface area contributed by atoms with Gasteiger partial charge in [0.1, 0.15) is 22.2 Å². The number of likely N-dealkylation sites (tertiary alicyclic amines) is 2. The summed E-state index contributed by atoms with van der Waals surface area (Å²) in [5.74, 6) is 1.69. The van der Waals surface area contributed by atoms with E-state index in [1.165, 1.54) is 60.4 Å². The number of carbonyl (C=O) groups is 1. The summed E-state index contributed by atoms with van der Waals surface area (Å²) in [7, 11) is -1.47. The van der Waals surface area contributed by atoms with E-state index in [1.54, 1.807) is 32.2 Å². The number of fused-ring (bicyclic) bond motifs is 1. The van der Waals surface area contributed by atoms with Gasteiger partial charge in [-0.3, -0.25) is 14.6 Å². The third-order valence-corrected chi connectivity index (χ3v) is 19.4. The summed E-state index contributed by atoms with van der Waals surface area (Å²) in [6, 6.07) is 24.1. The van der Waals surface area contributed by atoms with Gasteiger partial charge in [-0.05, 0) is 147 Å². The predicted octanol–water partition coefficient (Wildman–Crippen LogP) is 9.62. The normalized spacial score (nSPS) is 23.4. The molecule has 0 radical (unpaired) electrons. The van der Waals surface area contributed by atoms with Crippen LogP contribution in [0.5, 0.6) is 23.1 Å². The van der Waals surface area contributed by atoms with Crippen LogP contribution in [0.25, 0.3) is 5.83 Å². The van der Waals surface area contributed by atoms with Crippen molar-refractivity contribution in [2.24, 2.45) is 11.3 Å². The van der Waals surface area contributed by atoms with E-state index in [4.69, 9.17) is 14.2 Å². The van der Waals surface area contributed by atoms with Gasteiger partial charge in [0.15, 0.2) is 17.3 Å². The lowest BCUT2D eigenvalue weighted by molar-refractivity contribution is -0.751. The van der Waals surface area contributed by atoms with Gasteiger partial charge in [-0.2, -0.15) is 0 Å². The molecule has 2 saturated carbocycles. The maximum atomic E-state index is 15.1. The largest absolute Gasteiger partial charge is 0.629 e. The molecule has 18 heteroatoms. The molecule has 1 spiro atoms. The number of benzene rings is 3. The lowest BCUT2D eigenvalue weighted by Crippen LogP contribution is -2.98. The number of piperidine rings is 2. The third-order valence-electron chi connectivity index (χ3n) is 18.1. The van der Waals surface area contributed by atoms with Crippen molar-refractivity contribution in [3.63, 3.8) is 0 Å². The van der Waals surface area contributed by atoms with E-state index in [2.05, 4.69) is 91.0 Å². The molecule has 3 saturated heterocycles. The zero-order valence-corrected chi connectivity index (χ0v) is 48.5. The molecule has 2 aromatic heterocycles. The maximum absolute atomic E-state index is 15.1. The van der Waals surface area contributed by atoms with E-state index in [1.807, 2.05) is 6.92 Å². The van der Waals surface area contributed by atoms with Crippen LogP contribution in [0.15, 0.2) is 90.0 Å².